The molecule has 1 aromatic rings. The summed E-state index contributed by atoms with van der Waals surface area (Å²) in [6.45, 7) is 3.97. The molecule has 6 heteroatoms. The van der Waals surface area contributed by atoms with Crippen molar-refractivity contribution in [2.45, 2.75) is 31.9 Å². The Morgan fingerprint density at radius 3 is 2.52 bits per heavy atom. The number of ether oxygens (including phenoxy) is 1. The number of rotatable bonds is 7. The van der Waals surface area contributed by atoms with Crippen LogP contribution in [0.2, 0.25) is 5.02 Å². The maximum Gasteiger partial charge on any atom is 0.315 e. The molecule has 0 saturated heterocycles. The molecule has 118 valence electrons. The highest BCUT2D eigenvalue weighted by Gasteiger charge is 2.17. The molecule has 0 aliphatic carbocycles. The number of benzene rings is 1. The van der Waals surface area contributed by atoms with Crippen LogP contribution in [0.4, 0.5) is 4.79 Å². The summed E-state index contributed by atoms with van der Waals surface area (Å²) in [5.41, 5.74) is 0.00877. The minimum absolute atomic E-state index is 0.177. The van der Waals surface area contributed by atoms with E-state index >= 15 is 0 Å². The molecule has 1 unspecified atom stereocenters. The van der Waals surface area contributed by atoms with Crippen molar-refractivity contribution in [1.82, 2.24) is 10.6 Å². The van der Waals surface area contributed by atoms with Crippen LogP contribution in [0.1, 0.15) is 31.9 Å². The molecule has 0 aromatic heterocycles. The zero-order valence-electron chi connectivity index (χ0n) is 12.6. The highest BCUT2D eigenvalue weighted by Crippen LogP contribution is 2.19. The van der Waals surface area contributed by atoms with E-state index in [0.29, 0.717) is 18.1 Å². The van der Waals surface area contributed by atoms with Crippen molar-refractivity contribution < 1.29 is 14.6 Å². The Balaban J connectivity index is 2.65. The lowest BCUT2D eigenvalue weighted by Crippen LogP contribution is -2.44. The van der Waals surface area contributed by atoms with Crippen molar-refractivity contribution in [3.63, 3.8) is 0 Å². The van der Waals surface area contributed by atoms with E-state index in [1.807, 2.05) is 12.1 Å². The van der Waals surface area contributed by atoms with Gasteiger partial charge in [0.1, 0.15) is 0 Å². The SMILES string of the molecule is COCCC(NC(=O)NCC(C)(C)O)c1ccc(Cl)cc1. The highest BCUT2D eigenvalue weighted by atomic mass is 35.5. The summed E-state index contributed by atoms with van der Waals surface area (Å²) in [6, 6.07) is 6.81. The lowest BCUT2D eigenvalue weighted by Gasteiger charge is -2.22. The molecule has 1 aromatic carbocycles. The summed E-state index contributed by atoms with van der Waals surface area (Å²) in [4.78, 5) is 11.9. The molecule has 0 radical (unpaired) electrons. The van der Waals surface area contributed by atoms with Crippen molar-refractivity contribution in [2.75, 3.05) is 20.3 Å². The number of carbonyl (C=O) groups is 1. The average molecular weight is 315 g/mol. The van der Waals surface area contributed by atoms with Crippen LogP contribution in [-0.2, 0) is 4.74 Å². The molecule has 0 heterocycles. The molecule has 1 atom stereocenters. The van der Waals surface area contributed by atoms with E-state index in [4.69, 9.17) is 16.3 Å². The first-order chi connectivity index (χ1) is 9.81. The monoisotopic (exact) mass is 314 g/mol. The molecule has 1 rings (SSSR count). The topological polar surface area (TPSA) is 70.6 Å². The number of hydrogen-bond acceptors (Lipinski definition) is 3. The van der Waals surface area contributed by atoms with E-state index < -0.39 is 5.60 Å². The lowest BCUT2D eigenvalue weighted by atomic mass is 10.0. The van der Waals surface area contributed by atoms with Crippen molar-refractivity contribution in [3.05, 3.63) is 34.9 Å². The zero-order chi connectivity index (χ0) is 15.9. The molecule has 3 N–H and O–H groups in total. The third-order valence-corrected chi connectivity index (χ3v) is 3.12. The van der Waals surface area contributed by atoms with Gasteiger partial charge >= 0.3 is 6.03 Å². The molecule has 0 aliphatic heterocycles. The molecule has 2 amide bonds. The summed E-state index contributed by atoms with van der Waals surface area (Å²) >= 11 is 5.87. The van der Waals surface area contributed by atoms with Gasteiger partial charge in [0.2, 0.25) is 0 Å². The number of hydrogen-bond donors (Lipinski definition) is 3. The van der Waals surface area contributed by atoms with Crippen LogP contribution in [-0.4, -0.2) is 37.0 Å². The molecular weight excluding hydrogens is 292 g/mol. The van der Waals surface area contributed by atoms with Crippen molar-refractivity contribution in [2.24, 2.45) is 0 Å². The second kappa shape index (κ2) is 8.22. The van der Waals surface area contributed by atoms with Crippen molar-refractivity contribution in [1.29, 1.82) is 0 Å². The number of amides is 2. The van der Waals surface area contributed by atoms with E-state index in [9.17, 15) is 9.90 Å². The Morgan fingerprint density at radius 1 is 1.38 bits per heavy atom. The Hall–Kier alpha value is -1.30. The Labute approximate surface area is 130 Å². The third-order valence-electron chi connectivity index (χ3n) is 2.87. The number of methoxy groups -OCH3 is 1. The summed E-state index contributed by atoms with van der Waals surface area (Å²) in [7, 11) is 1.62. The van der Waals surface area contributed by atoms with Gasteiger partial charge in [0.25, 0.3) is 0 Å². The number of halogens is 1. The standard InChI is InChI=1S/C15H23ClN2O3/c1-15(2,20)10-17-14(19)18-13(8-9-21-3)11-4-6-12(16)7-5-11/h4-7,13,20H,8-10H2,1-3H3,(H2,17,18,19). The Morgan fingerprint density at radius 2 is 2.00 bits per heavy atom. The summed E-state index contributed by atoms with van der Waals surface area (Å²) < 4.78 is 5.08. The molecule has 0 bridgehead atoms. The number of aliphatic hydroxyl groups is 1. The maximum absolute atomic E-state index is 11.9. The second-order valence-electron chi connectivity index (χ2n) is 5.53. The van der Waals surface area contributed by atoms with Crippen molar-refractivity contribution >= 4 is 17.6 Å². The van der Waals surface area contributed by atoms with Gasteiger partial charge in [-0.1, -0.05) is 23.7 Å². The van der Waals surface area contributed by atoms with E-state index in [2.05, 4.69) is 10.6 Å². The smallest absolute Gasteiger partial charge is 0.315 e. The maximum atomic E-state index is 11.9. The van der Waals surface area contributed by atoms with E-state index in [1.165, 1.54) is 0 Å². The summed E-state index contributed by atoms with van der Waals surface area (Å²) in [5, 5.41) is 15.8. The minimum atomic E-state index is -0.945. The van der Waals surface area contributed by atoms with Gasteiger partial charge in [0.15, 0.2) is 0 Å². The van der Waals surface area contributed by atoms with Crippen LogP contribution in [0, 0.1) is 0 Å². The number of urea groups is 1. The van der Waals surface area contributed by atoms with Crippen LogP contribution < -0.4 is 10.6 Å². The first-order valence-corrected chi connectivity index (χ1v) is 7.21. The van der Waals surface area contributed by atoms with Gasteiger partial charge in [0.05, 0.1) is 11.6 Å². The van der Waals surface area contributed by atoms with E-state index in [0.717, 1.165) is 5.56 Å². The first kappa shape index (κ1) is 17.8. The normalized spacial score (nSPS) is 12.8. The average Bonchev–Trinajstić information content (AvgIpc) is 2.41. The van der Waals surface area contributed by atoms with Crippen LogP contribution in [0.3, 0.4) is 0 Å². The molecular formula is C15H23ClN2O3. The van der Waals surface area contributed by atoms with E-state index in [1.54, 1.807) is 33.1 Å². The first-order valence-electron chi connectivity index (χ1n) is 6.83. The molecule has 0 aliphatic rings. The van der Waals surface area contributed by atoms with Gasteiger partial charge in [-0.3, -0.25) is 0 Å². The summed E-state index contributed by atoms with van der Waals surface area (Å²) in [6.07, 6.45) is 0.647. The van der Waals surface area contributed by atoms with Gasteiger partial charge < -0.3 is 20.5 Å². The summed E-state index contributed by atoms with van der Waals surface area (Å²) in [5.74, 6) is 0. The molecule has 0 spiro atoms. The van der Waals surface area contributed by atoms with Crippen molar-refractivity contribution in [3.8, 4) is 0 Å². The predicted molar refractivity (Wildman–Crippen MR) is 83.5 cm³/mol. The van der Waals surface area contributed by atoms with Gasteiger partial charge in [0, 0.05) is 25.3 Å². The fourth-order valence-corrected chi connectivity index (χ4v) is 1.88. The van der Waals surface area contributed by atoms with Gasteiger partial charge in [-0.25, -0.2) is 4.79 Å². The van der Waals surface area contributed by atoms with Crippen LogP contribution in [0.15, 0.2) is 24.3 Å². The largest absolute Gasteiger partial charge is 0.389 e. The fraction of sp³-hybridized carbons (Fsp3) is 0.533. The molecule has 0 saturated carbocycles. The van der Waals surface area contributed by atoms with Gasteiger partial charge in [-0.2, -0.15) is 0 Å². The molecule has 5 nitrogen and oxygen atoms in total. The van der Waals surface area contributed by atoms with Gasteiger partial charge in [-0.05, 0) is 38.0 Å². The molecule has 0 fully saturated rings. The lowest BCUT2D eigenvalue weighted by molar-refractivity contribution is 0.0816. The van der Waals surface area contributed by atoms with Crippen LogP contribution in [0.5, 0.6) is 0 Å². The van der Waals surface area contributed by atoms with Crippen LogP contribution >= 0.6 is 11.6 Å². The highest BCUT2D eigenvalue weighted by molar-refractivity contribution is 6.30. The number of carbonyl (C=O) groups excluding carboxylic acids is 1. The fourth-order valence-electron chi connectivity index (χ4n) is 1.76. The quantitative estimate of drug-likeness (QED) is 0.724. The Kier molecular flexibility index (Phi) is 6.95. The van der Waals surface area contributed by atoms with Crippen LogP contribution in [0.25, 0.3) is 0 Å². The minimum Gasteiger partial charge on any atom is -0.389 e. The zero-order valence-corrected chi connectivity index (χ0v) is 13.4. The third kappa shape index (κ3) is 7.32. The number of nitrogens with one attached hydrogen (secondary N) is 2. The Bertz CT molecular complexity index is 443. The predicted octanol–water partition coefficient (Wildman–Crippen LogP) is 2.49. The second-order valence-corrected chi connectivity index (χ2v) is 5.96. The van der Waals surface area contributed by atoms with Gasteiger partial charge in [-0.15, -0.1) is 0 Å². The molecule has 21 heavy (non-hydrogen) atoms. The van der Waals surface area contributed by atoms with E-state index in [-0.39, 0.29) is 18.6 Å².